The SMILES string of the molecule is NCCCCC(NC(=O)NOCC1c2ccccc2-c2ccccc21)C(=O)O. The van der Waals surface area contributed by atoms with Crippen molar-refractivity contribution in [3.8, 4) is 11.1 Å². The first-order chi connectivity index (χ1) is 13.6. The summed E-state index contributed by atoms with van der Waals surface area (Å²) in [6.07, 6.45) is 1.66. The Bertz CT molecular complexity index is 794. The van der Waals surface area contributed by atoms with Crippen LogP contribution in [0.3, 0.4) is 0 Å². The summed E-state index contributed by atoms with van der Waals surface area (Å²) < 4.78 is 0. The van der Waals surface area contributed by atoms with E-state index in [1.54, 1.807) is 0 Å². The van der Waals surface area contributed by atoms with Gasteiger partial charge in [-0.15, -0.1) is 0 Å². The molecule has 2 aromatic rings. The molecule has 0 spiro atoms. The Morgan fingerprint density at radius 3 is 2.21 bits per heavy atom. The molecule has 0 fully saturated rings. The van der Waals surface area contributed by atoms with E-state index in [0.717, 1.165) is 11.1 Å². The fourth-order valence-electron chi connectivity index (χ4n) is 3.57. The number of aliphatic carboxylic acids is 1. The van der Waals surface area contributed by atoms with Crippen LogP contribution in [0.5, 0.6) is 0 Å². The predicted molar refractivity (Wildman–Crippen MR) is 106 cm³/mol. The van der Waals surface area contributed by atoms with Crippen molar-refractivity contribution in [2.75, 3.05) is 13.2 Å². The Morgan fingerprint density at radius 1 is 1.04 bits per heavy atom. The van der Waals surface area contributed by atoms with Gasteiger partial charge in [-0.25, -0.2) is 15.1 Å². The number of urea groups is 1. The molecule has 0 saturated heterocycles. The molecule has 1 unspecified atom stereocenters. The van der Waals surface area contributed by atoms with Gasteiger partial charge in [0, 0.05) is 5.92 Å². The van der Waals surface area contributed by atoms with Crippen molar-refractivity contribution < 1.29 is 19.5 Å². The molecule has 28 heavy (non-hydrogen) atoms. The number of hydrogen-bond donors (Lipinski definition) is 4. The van der Waals surface area contributed by atoms with Crippen LogP contribution in [0.25, 0.3) is 11.1 Å². The number of hydroxylamine groups is 1. The number of carbonyl (C=O) groups excluding carboxylic acids is 1. The third-order valence-electron chi connectivity index (χ3n) is 4.93. The number of nitrogens with one attached hydrogen (secondary N) is 2. The summed E-state index contributed by atoms with van der Waals surface area (Å²) >= 11 is 0. The standard InChI is InChI=1S/C21H25N3O4/c22-12-6-5-11-19(20(25)26)23-21(27)24-28-13-18-16-9-3-1-7-14(16)15-8-2-4-10-17(15)18/h1-4,7-10,18-19H,5-6,11-13,22H2,(H,25,26)(H2,23,24,27). The van der Waals surface area contributed by atoms with Gasteiger partial charge in [0.05, 0.1) is 6.61 Å². The zero-order valence-electron chi connectivity index (χ0n) is 15.6. The highest BCUT2D eigenvalue weighted by molar-refractivity contribution is 5.82. The Balaban J connectivity index is 1.56. The first-order valence-electron chi connectivity index (χ1n) is 9.41. The third kappa shape index (κ3) is 4.49. The second-order valence-corrected chi connectivity index (χ2v) is 6.79. The zero-order chi connectivity index (χ0) is 19.9. The molecule has 1 atom stereocenters. The summed E-state index contributed by atoms with van der Waals surface area (Å²) in [6.45, 7) is 0.748. The lowest BCUT2D eigenvalue weighted by atomic mass is 9.98. The van der Waals surface area contributed by atoms with E-state index < -0.39 is 18.0 Å². The molecule has 0 bridgehead atoms. The summed E-state index contributed by atoms with van der Waals surface area (Å²) in [5.74, 6) is -1.07. The molecular weight excluding hydrogens is 358 g/mol. The lowest BCUT2D eigenvalue weighted by Gasteiger charge is -2.17. The van der Waals surface area contributed by atoms with E-state index in [2.05, 4.69) is 35.1 Å². The number of fused-ring (bicyclic) bond motifs is 3. The highest BCUT2D eigenvalue weighted by Crippen LogP contribution is 2.44. The monoisotopic (exact) mass is 383 g/mol. The van der Waals surface area contributed by atoms with Gasteiger partial charge >= 0.3 is 12.0 Å². The number of amides is 2. The number of benzene rings is 2. The minimum absolute atomic E-state index is 0.00697. The second-order valence-electron chi connectivity index (χ2n) is 6.79. The quantitative estimate of drug-likeness (QED) is 0.393. The number of carbonyl (C=O) groups is 2. The summed E-state index contributed by atoms with van der Waals surface area (Å²) in [5, 5.41) is 11.6. The fourth-order valence-corrected chi connectivity index (χ4v) is 3.57. The van der Waals surface area contributed by atoms with Crippen LogP contribution < -0.4 is 16.5 Å². The number of unbranched alkanes of at least 4 members (excludes halogenated alkanes) is 1. The number of hydrogen-bond acceptors (Lipinski definition) is 4. The van der Waals surface area contributed by atoms with Crippen LogP contribution in [0, 0.1) is 0 Å². The van der Waals surface area contributed by atoms with E-state index >= 15 is 0 Å². The normalized spacial score (nSPS) is 13.5. The molecule has 7 heteroatoms. The first kappa shape index (κ1) is 19.9. The fraction of sp³-hybridized carbons (Fsp3) is 0.333. The van der Waals surface area contributed by atoms with E-state index in [9.17, 15) is 14.7 Å². The molecule has 5 N–H and O–H groups in total. The van der Waals surface area contributed by atoms with E-state index in [4.69, 9.17) is 10.6 Å². The minimum Gasteiger partial charge on any atom is -0.480 e. The van der Waals surface area contributed by atoms with Crippen molar-refractivity contribution in [1.29, 1.82) is 0 Å². The van der Waals surface area contributed by atoms with Gasteiger partial charge in [-0.3, -0.25) is 4.84 Å². The molecule has 1 aliphatic rings. The van der Waals surface area contributed by atoms with Gasteiger partial charge in [0.2, 0.25) is 0 Å². The van der Waals surface area contributed by atoms with Gasteiger partial charge in [-0.05, 0) is 48.1 Å². The smallest absolute Gasteiger partial charge is 0.339 e. The van der Waals surface area contributed by atoms with E-state index in [1.807, 2.05) is 24.3 Å². The van der Waals surface area contributed by atoms with Gasteiger partial charge in [0.25, 0.3) is 0 Å². The molecule has 0 aliphatic heterocycles. The second kappa shape index (κ2) is 9.34. The molecule has 148 valence electrons. The van der Waals surface area contributed by atoms with Crippen LogP contribution in [-0.2, 0) is 9.63 Å². The summed E-state index contributed by atoms with van der Waals surface area (Å²) in [7, 11) is 0. The first-order valence-corrected chi connectivity index (χ1v) is 9.41. The van der Waals surface area contributed by atoms with Gasteiger partial charge in [0.15, 0.2) is 0 Å². The maximum absolute atomic E-state index is 12.0. The Kier molecular flexibility index (Phi) is 6.62. The molecule has 3 rings (SSSR count). The molecule has 0 aromatic heterocycles. The van der Waals surface area contributed by atoms with Crippen molar-refractivity contribution in [2.24, 2.45) is 5.73 Å². The summed E-state index contributed by atoms with van der Waals surface area (Å²) in [6, 6.07) is 14.6. The van der Waals surface area contributed by atoms with Crippen molar-refractivity contribution in [3.05, 3.63) is 59.7 Å². The van der Waals surface area contributed by atoms with Crippen LogP contribution in [0.15, 0.2) is 48.5 Å². The van der Waals surface area contributed by atoms with E-state index in [0.29, 0.717) is 25.8 Å². The average Bonchev–Trinajstić information content (AvgIpc) is 3.01. The molecular formula is C21H25N3O4. The number of carboxylic acid groups (broad SMARTS) is 1. The third-order valence-corrected chi connectivity index (χ3v) is 4.93. The van der Waals surface area contributed by atoms with Crippen LogP contribution in [0.4, 0.5) is 4.79 Å². The zero-order valence-corrected chi connectivity index (χ0v) is 15.6. The van der Waals surface area contributed by atoms with Gasteiger partial charge in [-0.1, -0.05) is 48.5 Å². The Hall–Kier alpha value is -2.90. The van der Waals surface area contributed by atoms with Gasteiger partial charge in [-0.2, -0.15) is 0 Å². The van der Waals surface area contributed by atoms with Crippen molar-refractivity contribution >= 4 is 12.0 Å². The predicted octanol–water partition coefficient (Wildman–Crippen LogP) is 2.61. The molecule has 0 heterocycles. The molecule has 0 saturated carbocycles. The van der Waals surface area contributed by atoms with Crippen molar-refractivity contribution in [1.82, 2.24) is 10.8 Å². The summed E-state index contributed by atoms with van der Waals surface area (Å²) in [5.41, 5.74) is 12.4. The summed E-state index contributed by atoms with van der Waals surface area (Å²) in [4.78, 5) is 28.7. The lowest BCUT2D eigenvalue weighted by Crippen LogP contribution is -2.46. The molecule has 0 radical (unpaired) electrons. The average molecular weight is 383 g/mol. The van der Waals surface area contributed by atoms with Crippen molar-refractivity contribution in [2.45, 2.75) is 31.2 Å². The van der Waals surface area contributed by atoms with E-state index in [-0.39, 0.29) is 12.5 Å². The highest BCUT2D eigenvalue weighted by atomic mass is 16.7. The minimum atomic E-state index is -1.08. The topological polar surface area (TPSA) is 114 Å². The number of rotatable bonds is 9. The number of nitrogens with two attached hydrogens (primary N) is 1. The van der Waals surface area contributed by atoms with Crippen molar-refractivity contribution in [3.63, 3.8) is 0 Å². The Morgan fingerprint density at radius 2 is 1.64 bits per heavy atom. The molecule has 1 aliphatic carbocycles. The number of carboxylic acids is 1. The molecule has 2 amide bonds. The van der Waals surface area contributed by atoms with Crippen LogP contribution in [0.1, 0.15) is 36.3 Å². The maximum Gasteiger partial charge on any atom is 0.339 e. The van der Waals surface area contributed by atoms with E-state index in [1.165, 1.54) is 11.1 Å². The molecule has 7 nitrogen and oxygen atoms in total. The van der Waals surface area contributed by atoms with Gasteiger partial charge < -0.3 is 16.2 Å². The van der Waals surface area contributed by atoms with Crippen LogP contribution in [0.2, 0.25) is 0 Å². The van der Waals surface area contributed by atoms with Crippen LogP contribution in [-0.4, -0.2) is 36.3 Å². The largest absolute Gasteiger partial charge is 0.480 e. The van der Waals surface area contributed by atoms with Crippen LogP contribution >= 0.6 is 0 Å². The highest BCUT2D eigenvalue weighted by Gasteiger charge is 2.28. The van der Waals surface area contributed by atoms with Gasteiger partial charge in [0.1, 0.15) is 6.04 Å². The maximum atomic E-state index is 12.0. The molecule has 2 aromatic carbocycles. The lowest BCUT2D eigenvalue weighted by molar-refractivity contribution is -0.139. The Labute approximate surface area is 163 Å².